The minimum Gasteiger partial charge on any atom is -0.488 e. The third-order valence-corrected chi connectivity index (χ3v) is 6.59. The molecule has 1 heterocycles. The van der Waals surface area contributed by atoms with Crippen molar-refractivity contribution in [3.8, 4) is 5.75 Å². The first-order chi connectivity index (χ1) is 14.7. The van der Waals surface area contributed by atoms with Gasteiger partial charge in [0.1, 0.15) is 16.7 Å². The Balaban J connectivity index is 1.95. The molecule has 0 amide bonds. The SMILES string of the molecule is CN1CC[C@@H](Oc2cc(NS(=O)(=O)c3cc(C(F)(F)F)ccc3Cl)ccc2C(F)(F)F)C1. The fourth-order valence-corrected chi connectivity index (χ4v) is 4.76. The molecule has 1 atom stereocenters. The van der Waals surface area contributed by atoms with Crippen LogP contribution in [-0.4, -0.2) is 39.6 Å². The Bertz CT molecular complexity index is 1110. The summed E-state index contributed by atoms with van der Waals surface area (Å²) in [6.07, 6.45) is -9.64. The topological polar surface area (TPSA) is 58.6 Å². The lowest BCUT2D eigenvalue weighted by molar-refractivity contribution is -0.139. The molecular formula is C19H17ClF6N2O3S. The average molecular weight is 503 g/mol. The lowest BCUT2D eigenvalue weighted by Gasteiger charge is -2.20. The molecule has 5 nitrogen and oxygen atoms in total. The molecule has 0 saturated carbocycles. The Morgan fingerprint density at radius 3 is 2.31 bits per heavy atom. The van der Waals surface area contributed by atoms with Crippen LogP contribution in [0.4, 0.5) is 32.0 Å². The number of ether oxygens (including phenoxy) is 1. The van der Waals surface area contributed by atoms with E-state index < -0.39 is 55.3 Å². The van der Waals surface area contributed by atoms with Crippen LogP contribution in [0, 0.1) is 0 Å². The number of likely N-dealkylation sites (tertiary alicyclic amines) is 1. The number of sulfonamides is 1. The largest absolute Gasteiger partial charge is 0.488 e. The number of likely N-dealkylation sites (N-methyl/N-ethyl adjacent to an activating group) is 1. The number of nitrogens with one attached hydrogen (secondary N) is 1. The van der Waals surface area contributed by atoms with E-state index >= 15 is 0 Å². The molecule has 32 heavy (non-hydrogen) atoms. The van der Waals surface area contributed by atoms with E-state index in [9.17, 15) is 34.8 Å². The molecule has 1 aliphatic rings. The van der Waals surface area contributed by atoms with Gasteiger partial charge in [-0.1, -0.05) is 11.6 Å². The number of benzene rings is 2. The van der Waals surface area contributed by atoms with Gasteiger partial charge in [-0.3, -0.25) is 4.72 Å². The number of nitrogens with zero attached hydrogens (tertiary/aromatic N) is 1. The molecule has 0 spiro atoms. The molecule has 2 aromatic rings. The van der Waals surface area contributed by atoms with Crippen molar-refractivity contribution in [1.82, 2.24) is 4.90 Å². The summed E-state index contributed by atoms with van der Waals surface area (Å²) in [6.45, 7) is 0.999. The van der Waals surface area contributed by atoms with Gasteiger partial charge in [-0.05, 0) is 43.8 Å². The van der Waals surface area contributed by atoms with E-state index in [0.29, 0.717) is 37.7 Å². The maximum atomic E-state index is 13.4. The zero-order chi connectivity index (χ0) is 23.9. The maximum Gasteiger partial charge on any atom is 0.419 e. The molecule has 1 N–H and O–H groups in total. The molecule has 0 bridgehead atoms. The Morgan fingerprint density at radius 2 is 1.75 bits per heavy atom. The van der Waals surface area contributed by atoms with Gasteiger partial charge in [-0.25, -0.2) is 8.42 Å². The summed E-state index contributed by atoms with van der Waals surface area (Å²) in [4.78, 5) is 0.994. The molecule has 0 aliphatic carbocycles. The molecule has 1 fully saturated rings. The van der Waals surface area contributed by atoms with Crippen LogP contribution < -0.4 is 9.46 Å². The standard InChI is InChI=1S/C19H17ClF6N2O3S/c1-28-7-6-13(10-28)31-16-9-12(3-4-14(16)19(24,25)26)27-32(29,30)17-8-11(18(21,22)23)2-5-15(17)20/h2-5,8-9,13,27H,6-7,10H2,1H3/t13-/m1/s1. The van der Waals surface area contributed by atoms with Crippen molar-refractivity contribution in [3.63, 3.8) is 0 Å². The summed E-state index contributed by atoms with van der Waals surface area (Å²) < 4.78 is 112. The molecule has 176 valence electrons. The van der Waals surface area contributed by atoms with Crippen LogP contribution in [0.15, 0.2) is 41.3 Å². The lowest BCUT2D eigenvalue weighted by atomic mass is 10.1. The van der Waals surface area contributed by atoms with E-state index in [1.165, 1.54) is 0 Å². The minimum atomic E-state index is -4.82. The van der Waals surface area contributed by atoms with E-state index in [-0.39, 0.29) is 5.69 Å². The number of alkyl halides is 6. The number of hydrogen-bond donors (Lipinski definition) is 1. The van der Waals surface area contributed by atoms with Crippen LogP contribution in [0.2, 0.25) is 5.02 Å². The minimum absolute atomic E-state index is 0.326. The van der Waals surface area contributed by atoms with Gasteiger partial charge in [0.15, 0.2) is 0 Å². The third-order valence-electron chi connectivity index (χ3n) is 4.73. The molecule has 13 heteroatoms. The Kier molecular flexibility index (Phi) is 6.60. The summed E-state index contributed by atoms with van der Waals surface area (Å²) in [5, 5.41) is -0.483. The van der Waals surface area contributed by atoms with Crippen molar-refractivity contribution >= 4 is 27.3 Å². The van der Waals surface area contributed by atoms with Gasteiger partial charge < -0.3 is 9.64 Å². The first-order valence-electron chi connectivity index (χ1n) is 9.13. The Morgan fingerprint density at radius 1 is 1.06 bits per heavy atom. The number of anilines is 1. The molecular weight excluding hydrogens is 486 g/mol. The highest BCUT2D eigenvalue weighted by Gasteiger charge is 2.36. The summed E-state index contributed by atoms with van der Waals surface area (Å²) in [7, 11) is -2.88. The van der Waals surface area contributed by atoms with Gasteiger partial charge in [-0.15, -0.1) is 0 Å². The molecule has 1 aliphatic heterocycles. The number of rotatable bonds is 5. The van der Waals surface area contributed by atoms with Crippen LogP contribution in [0.5, 0.6) is 5.75 Å². The second kappa shape index (κ2) is 8.64. The zero-order valence-electron chi connectivity index (χ0n) is 16.4. The van der Waals surface area contributed by atoms with Crippen LogP contribution >= 0.6 is 11.6 Å². The smallest absolute Gasteiger partial charge is 0.419 e. The normalized spacial score (nSPS) is 18.1. The van der Waals surface area contributed by atoms with Gasteiger partial charge in [0.25, 0.3) is 10.0 Å². The number of hydrogen-bond acceptors (Lipinski definition) is 4. The average Bonchev–Trinajstić information content (AvgIpc) is 3.04. The van der Waals surface area contributed by atoms with Gasteiger partial charge in [0, 0.05) is 19.2 Å². The third kappa shape index (κ3) is 5.59. The predicted octanol–water partition coefficient (Wildman–Crippen LogP) is 5.26. The van der Waals surface area contributed by atoms with Crippen LogP contribution in [0.1, 0.15) is 17.5 Å². The van der Waals surface area contributed by atoms with Gasteiger partial charge in [0.05, 0.1) is 21.8 Å². The first-order valence-corrected chi connectivity index (χ1v) is 11.0. The van der Waals surface area contributed by atoms with Crippen molar-refractivity contribution in [2.75, 3.05) is 24.9 Å². The molecule has 0 aromatic heterocycles. The van der Waals surface area contributed by atoms with Gasteiger partial charge in [0.2, 0.25) is 0 Å². The van der Waals surface area contributed by atoms with Crippen LogP contribution in [0.25, 0.3) is 0 Å². The lowest BCUT2D eigenvalue weighted by Crippen LogP contribution is -2.23. The molecule has 1 saturated heterocycles. The highest BCUT2D eigenvalue weighted by Crippen LogP contribution is 2.39. The van der Waals surface area contributed by atoms with E-state index in [1.807, 2.05) is 9.62 Å². The zero-order valence-corrected chi connectivity index (χ0v) is 18.0. The van der Waals surface area contributed by atoms with E-state index in [0.717, 1.165) is 18.2 Å². The quantitative estimate of drug-likeness (QED) is 0.567. The molecule has 0 radical (unpaired) electrons. The predicted molar refractivity (Wildman–Crippen MR) is 105 cm³/mol. The molecule has 2 aromatic carbocycles. The fraction of sp³-hybridized carbons (Fsp3) is 0.368. The second-order valence-electron chi connectivity index (χ2n) is 7.25. The van der Waals surface area contributed by atoms with Crippen molar-refractivity contribution in [1.29, 1.82) is 0 Å². The van der Waals surface area contributed by atoms with E-state index in [2.05, 4.69) is 0 Å². The summed E-state index contributed by atoms with van der Waals surface area (Å²) in [5.41, 5.74) is -2.68. The van der Waals surface area contributed by atoms with Crippen LogP contribution in [0.3, 0.4) is 0 Å². The Hall–Kier alpha value is -2.18. The van der Waals surface area contributed by atoms with E-state index in [1.54, 1.807) is 7.05 Å². The first kappa shape index (κ1) is 24.5. The van der Waals surface area contributed by atoms with Crippen molar-refractivity contribution in [3.05, 3.63) is 52.5 Å². The van der Waals surface area contributed by atoms with Crippen LogP contribution in [-0.2, 0) is 22.4 Å². The molecule has 3 rings (SSSR count). The van der Waals surface area contributed by atoms with Crippen molar-refractivity contribution in [2.45, 2.75) is 29.8 Å². The van der Waals surface area contributed by atoms with Crippen molar-refractivity contribution < 1.29 is 39.5 Å². The van der Waals surface area contributed by atoms with Gasteiger partial charge in [-0.2, -0.15) is 26.3 Å². The van der Waals surface area contributed by atoms with Crippen molar-refractivity contribution in [2.24, 2.45) is 0 Å². The van der Waals surface area contributed by atoms with E-state index in [4.69, 9.17) is 16.3 Å². The highest BCUT2D eigenvalue weighted by atomic mass is 35.5. The van der Waals surface area contributed by atoms with Gasteiger partial charge >= 0.3 is 12.4 Å². The fourth-order valence-electron chi connectivity index (χ4n) is 3.18. The second-order valence-corrected chi connectivity index (χ2v) is 9.31. The highest BCUT2D eigenvalue weighted by molar-refractivity contribution is 7.92. The Labute approximate surface area is 185 Å². The monoisotopic (exact) mass is 502 g/mol. The summed E-state index contributed by atoms with van der Waals surface area (Å²) in [5.74, 6) is -0.590. The number of halogens is 7. The maximum absolute atomic E-state index is 13.4. The molecule has 0 unspecified atom stereocenters. The summed E-state index contributed by atoms with van der Waals surface area (Å²) in [6, 6.07) is 4.07. The summed E-state index contributed by atoms with van der Waals surface area (Å²) >= 11 is 5.78.